The van der Waals surface area contributed by atoms with Gasteiger partial charge in [-0.05, 0) is 0 Å². The summed E-state index contributed by atoms with van der Waals surface area (Å²) >= 11 is -3.38. The molecule has 0 bridgehead atoms. The summed E-state index contributed by atoms with van der Waals surface area (Å²) in [6.07, 6.45) is 0. The van der Waals surface area contributed by atoms with E-state index in [0.717, 1.165) is 17.2 Å². The SMILES string of the molecule is c1cc[c]([Ge]2([c]3ccccc3)[c]3ccccc3N(c3ccc(B4c5ccccc5Oc5ccccc54)cc3)c3cccc[c]32)cc1. The van der Waals surface area contributed by atoms with Gasteiger partial charge in [0.05, 0.1) is 0 Å². The Bertz CT molecular complexity index is 2070. The van der Waals surface area contributed by atoms with Crippen LogP contribution in [-0.4, -0.2) is 20.0 Å². The zero-order valence-corrected chi connectivity index (χ0v) is 27.4. The minimum atomic E-state index is -3.38. The number of hydrogen-bond donors (Lipinski definition) is 0. The van der Waals surface area contributed by atoms with E-state index in [0.29, 0.717) is 0 Å². The second-order valence-corrected chi connectivity index (χ2v) is 19.9. The van der Waals surface area contributed by atoms with Gasteiger partial charge in [-0.15, -0.1) is 0 Å². The number of fused-ring (bicyclic) bond motifs is 4. The number of benzene rings is 7. The Balaban J connectivity index is 1.23. The molecule has 0 atom stereocenters. The molecule has 46 heavy (non-hydrogen) atoms. The molecule has 0 spiro atoms. The van der Waals surface area contributed by atoms with Gasteiger partial charge in [0.2, 0.25) is 0 Å². The number of ether oxygens (including phenoxy) is 1. The summed E-state index contributed by atoms with van der Waals surface area (Å²) in [6, 6.07) is 66.8. The molecular formula is C42H30BGeNO. The molecule has 0 amide bonds. The molecule has 4 heteroatoms. The Kier molecular flexibility index (Phi) is 6.46. The summed E-state index contributed by atoms with van der Waals surface area (Å²) in [5, 5.41) is 0. The maximum absolute atomic E-state index is 6.32. The van der Waals surface area contributed by atoms with Crippen LogP contribution in [0.3, 0.4) is 0 Å². The van der Waals surface area contributed by atoms with Crippen molar-refractivity contribution in [1.29, 1.82) is 0 Å². The third-order valence-corrected chi connectivity index (χ3v) is 19.9. The molecule has 0 saturated carbocycles. The molecule has 0 unspecified atom stereocenters. The van der Waals surface area contributed by atoms with Crippen molar-refractivity contribution < 1.29 is 4.74 Å². The monoisotopic (exact) mass is 649 g/mol. The Morgan fingerprint density at radius 3 is 1.37 bits per heavy atom. The van der Waals surface area contributed by atoms with Gasteiger partial charge >= 0.3 is 274 Å². The molecule has 7 aromatic carbocycles. The fourth-order valence-electron chi connectivity index (χ4n) is 7.77. The van der Waals surface area contributed by atoms with Gasteiger partial charge in [0.25, 0.3) is 0 Å². The van der Waals surface area contributed by atoms with E-state index in [1.54, 1.807) is 0 Å². The first-order valence-electron chi connectivity index (χ1n) is 15.9. The quantitative estimate of drug-likeness (QED) is 0.235. The Labute approximate surface area is 273 Å². The summed E-state index contributed by atoms with van der Waals surface area (Å²) in [5.41, 5.74) is 7.35. The summed E-state index contributed by atoms with van der Waals surface area (Å²) in [6.45, 7) is 0.106. The van der Waals surface area contributed by atoms with Crippen molar-refractivity contribution in [2.24, 2.45) is 0 Å². The molecular weight excluding hydrogens is 618 g/mol. The third kappa shape index (κ3) is 4.05. The molecule has 0 fully saturated rings. The number of rotatable bonds is 4. The van der Waals surface area contributed by atoms with E-state index >= 15 is 0 Å². The van der Waals surface area contributed by atoms with Crippen LogP contribution in [0.1, 0.15) is 0 Å². The van der Waals surface area contributed by atoms with Crippen molar-refractivity contribution in [1.82, 2.24) is 0 Å². The molecule has 216 valence electrons. The molecule has 0 aromatic heterocycles. The second kappa shape index (κ2) is 11.0. The molecule has 0 N–H and O–H groups in total. The van der Waals surface area contributed by atoms with Crippen LogP contribution in [-0.2, 0) is 0 Å². The van der Waals surface area contributed by atoms with E-state index in [9.17, 15) is 0 Å². The van der Waals surface area contributed by atoms with Crippen LogP contribution in [0.5, 0.6) is 11.5 Å². The van der Waals surface area contributed by atoms with Gasteiger partial charge in [-0.1, -0.05) is 0 Å². The van der Waals surface area contributed by atoms with E-state index < -0.39 is 13.3 Å². The zero-order valence-electron chi connectivity index (χ0n) is 25.3. The van der Waals surface area contributed by atoms with E-state index in [1.165, 1.54) is 45.3 Å². The van der Waals surface area contributed by atoms with Gasteiger partial charge in [-0.25, -0.2) is 0 Å². The fraction of sp³-hybridized carbons (Fsp3) is 0. The molecule has 2 aliphatic heterocycles. The van der Waals surface area contributed by atoms with Gasteiger partial charge in [-0.3, -0.25) is 0 Å². The molecule has 7 aromatic rings. The standard InChI is InChI=1S/C42H30BGeNO/c1-3-15-32(16-4-1)44(33-17-5-2-6-18-33)37-21-9-11-23-39(37)45(40-24-12-10-22-38(40)44)34-29-27-31(28-30-34)43-35-19-7-13-25-41(35)46-42-26-14-8-20-36(42)43/h1-30H. The molecule has 0 radical (unpaired) electrons. The number of hydrogen-bond acceptors (Lipinski definition) is 2. The van der Waals surface area contributed by atoms with Crippen LogP contribution in [0.2, 0.25) is 0 Å². The molecule has 2 nitrogen and oxygen atoms in total. The molecule has 9 rings (SSSR count). The first-order chi connectivity index (χ1) is 22.8. The van der Waals surface area contributed by atoms with Gasteiger partial charge in [0.1, 0.15) is 0 Å². The van der Waals surface area contributed by atoms with Crippen LogP contribution in [0, 0.1) is 0 Å². The fourth-order valence-corrected chi connectivity index (χ4v) is 18.5. The average Bonchev–Trinajstić information content (AvgIpc) is 3.14. The van der Waals surface area contributed by atoms with E-state index in [2.05, 4.69) is 175 Å². The third-order valence-electron chi connectivity index (χ3n) is 9.68. The molecule has 0 aliphatic carbocycles. The number of nitrogens with zero attached hydrogens (tertiary/aromatic N) is 1. The second-order valence-electron chi connectivity index (χ2n) is 12.1. The molecule has 0 saturated heterocycles. The van der Waals surface area contributed by atoms with Gasteiger partial charge in [-0.2, -0.15) is 0 Å². The van der Waals surface area contributed by atoms with E-state index in [-0.39, 0.29) is 6.71 Å². The van der Waals surface area contributed by atoms with Gasteiger partial charge < -0.3 is 0 Å². The Morgan fingerprint density at radius 2 is 0.848 bits per heavy atom. The van der Waals surface area contributed by atoms with Crippen LogP contribution >= 0.6 is 0 Å². The van der Waals surface area contributed by atoms with Crippen LogP contribution in [0.4, 0.5) is 17.1 Å². The number of para-hydroxylation sites is 4. The summed E-state index contributed by atoms with van der Waals surface area (Å²) in [4.78, 5) is 2.48. The van der Waals surface area contributed by atoms with E-state index in [4.69, 9.17) is 4.74 Å². The Morgan fingerprint density at radius 1 is 0.413 bits per heavy atom. The topological polar surface area (TPSA) is 12.5 Å². The molecule has 2 aliphatic rings. The first kappa shape index (κ1) is 27.1. The summed E-state index contributed by atoms with van der Waals surface area (Å²) in [7, 11) is 0. The molecule has 2 heterocycles. The van der Waals surface area contributed by atoms with Crippen molar-refractivity contribution in [2.45, 2.75) is 0 Å². The first-order valence-corrected chi connectivity index (χ1v) is 20.1. The zero-order chi connectivity index (χ0) is 30.5. The van der Waals surface area contributed by atoms with Crippen molar-refractivity contribution in [3.63, 3.8) is 0 Å². The predicted octanol–water partition coefficient (Wildman–Crippen LogP) is 5.47. The van der Waals surface area contributed by atoms with Crippen molar-refractivity contribution in [3.05, 3.63) is 182 Å². The van der Waals surface area contributed by atoms with Crippen molar-refractivity contribution in [3.8, 4) is 11.5 Å². The van der Waals surface area contributed by atoms with Gasteiger partial charge in [0, 0.05) is 0 Å². The van der Waals surface area contributed by atoms with Crippen LogP contribution in [0.25, 0.3) is 0 Å². The Hall–Kier alpha value is -5.25. The predicted molar refractivity (Wildman–Crippen MR) is 196 cm³/mol. The number of anilines is 3. The van der Waals surface area contributed by atoms with Crippen molar-refractivity contribution >= 4 is 71.0 Å². The minimum absolute atomic E-state index is 0.106. The summed E-state index contributed by atoms with van der Waals surface area (Å²) in [5.74, 6) is 1.86. The normalized spacial score (nSPS) is 13.9. The maximum atomic E-state index is 6.32. The van der Waals surface area contributed by atoms with Gasteiger partial charge in [0.15, 0.2) is 0 Å². The van der Waals surface area contributed by atoms with Crippen LogP contribution < -0.4 is 43.6 Å². The van der Waals surface area contributed by atoms with Crippen molar-refractivity contribution in [2.75, 3.05) is 4.90 Å². The van der Waals surface area contributed by atoms with E-state index in [1.807, 2.05) is 12.1 Å². The average molecular weight is 648 g/mol. The van der Waals surface area contributed by atoms with Crippen LogP contribution in [0.15, 0.2) is 182 Å². The summed E-state index contributed by atoms with van der Waals surface area (Å²) < 4.78 is 12.1.